The standard InChI is InChI=1S/C20H22N2O2/c1-15(23)21-14-16-8-10-17(11-9-16)19(24)22-20(12-5-13-20)18-6-3-2-4-7-18/h2-4,6-11H,5,12-14H2,1H3,(H,21,23)(H,22,24). The zero-order valence-corrected chi connectivity index (χ0v) is 13.8. The molecule has 2 amide bonds. The third-order valence-corrected chi connectivity index (χ3v) is 4.64. The summed E-state index contributed by atoms with van der Waals surface area (Å²) in [4.78, 5) is 23.6. The number of benzene rings is 2. The smallest absolute Gasteiger partial charge is 0.251 e. The Balaban J connectivity index is 1.69. The number of rotatable bonds is 5. The third-order valence-electron chi connectivity index (χ3n) is 4.64. The van der Waals surface area contributed by atoms with E-state index in [1.54, 1.807) is 0 Å². The number of hydrogen-bond donors (Lipinski definition) is 2. The highest BCUT2D eigenvalue weighted by atomic mass is 16.2. The van der Waals surface area contributed by atoms with Crippen molar-refractivity contribution in [1.29, 1.82) is 0 Å². The average Bonchev–Trinajstić information content (AvgIpc) is 2.57. The maximum Gasteiger partial charge on any atom is 0.251 e. The zero-order chi connectivity index (χ0) is 17.0. The molecule has 1 saturated carbocycles. The van der Waals surface area contributed by atoms with E-state index in [9.17, 15) is 9.59 Å². The average molecular weight is 322 g/mol. The van der Waals surface area contributed by atoms with Crippen LogP contribution in [0.1, 0.15) is 47.7 Å². The summed E-state index contributed by atoms with van der Waals surface area (Å²) in [5.41, 5.74) is 2.56. The van der Waals surface area contributed by atoms with E-state index < -0.39 is 0 Å². The van der Waals surface area contributed by atoms with Crippen LogP contribution in [0.25, 0.3) is 0 Å². The molecule has 0 aromatic heterocycles. The predicted molar refractivity (Wildman–Crippen MR) is 93.4 cm³/mol. The largest absolute Gasteiger partial charge is 0.352 e. The molecule has 0 saturated heterocycles. The molecule has 0 radical (unpaired) electrons. The summed E-state index contributed by atoms with van der Waals surface area (Å²) < 4.78 is 0. The fourth-order valence-electron chi connectivity index (χ4n) is 3.06. The van der Waals surface area contributed by atoms with Crippen LogP contribution in [-0.4, -0.2) is 11.8 Å². The lowest BCUT2D eigenvalue weighted by molar-refractivity contribution is -0.119. The summed E-state index contributed by atoms with van der Waals surface area (Å²) >= 11 is 0. The summed E-state index contributed by atoms with van der Waals surface area (Å²) in [7, 11) is 0. The Kier molecular flexibility index (Phi) is 4.65. The van der Waals surface area contributed by atoms with Crippen molar-refractivity contribution in [1.82, 2.24) is 10.6 Å². The van der Waals surface area contributed by atoms with E-state index in [0.717, 1.165) is 24.8 Å². The molecule has 0 unspecified atom stereocenters. The molecule has 0 spiro atoms. The van der Waals surface area contributed by atoms with Crippen molar-refractivity contribution in [2.24, 2.45) is 0 Å². The topological polar surface area (TPSA) is 58.2 Å². The molecule has 0 atom stereocenters. The van der Waals surface area contributed by atoms with Gasteiger partial charge in [-0.15, -0.1) is 0 Å². The van der Waals surface area contributed by atoms with E-state index in [0.29, 0.717) is 12.1 Å². The molecule has 1 aliphatic carbocycles. The maximum absolute atomic E-state index is 12.6. The van der Waals surface area contributed by atoms with Crippen LogP contribution in [0.2, 0.25) is 0 Å². The van der Waals surface area contributed by atoms with Gasteiger partial charge in [0.05, 0.1) is 5.54 Å². The highest BCUT2D eigenvalue weighted by Crippen LogP contribution is 2.41. The van der Waals surface area contributed by atoms with Gasteiger partial charge in [0, 0.05) is 19.0 Å². The molecule has 4 nitrogen and oxygen atoms in total. The van der Waals surface area contributed by atoms with Crippen molar-refractivity contribution >= 4 is 11.8 Å². The Morgan fingerprint density at radius 1 is 1.00 bits per heavy atom. The lowest BCUT2D eigenvalue weighted by Gasteiger charge is -2.43. The molecule has 0 heterocycles. The third kappa shape index (κ3) is 3.48. The van der Waals surface area contributed by atoms with E-state index in [2.05, 4.69) is 22.8 Å². The van der Waals surface area contributed by atoms with E-state index in [-0.39, 0.29) is 17.4 Å². The number of nitrogens with one attached hydrogen (secondary N) is 2. The van der Waals surface area contributed by atoms with Crippen LogP contribution < -0.4 is 10.6 Å². The Labute approximate surface area is 142 Å². The summed E-state index contributed by atoms with van der Waals surface area (Å²) in [6, 6.07) is 17.5. The SMILES string of the molecule is CC(=O)NCc1ccc(C(=O)NC2(c3ccccc3)CCC2)cc1. The molecular weight excluding hydrogens is 300 g/mol. The van der Waals surface area contributed by atoms with Crippen LogP contribution in [0.3, 0.4) is 0 Å². The maximum atomic E-state index is 12.6. The summed E-state index contributed by atoms with van der Waals surface area (Å²) in [6.07, 6.45) is 3.08. The molecule has 0 aliphatic heterocycles. The zero-order valence-electron chi connectivity index (χ0n) is 13.8. The minimum Gasteiger partial charge on any atom is -0.352 e. The van der Waals surface area contributed by atoms with Crippen LogP contribution in [0.5, 0.6) is 0 Å². The molecule has 124 valence electrons. The first-order valence-corrected chi connectivity index (χ1v) is 8.30. The van der Waals surface area contributed by atoms with Gasteiger partial charge in [-0.05, 0) is 42.5 Å². The fourth-order valence-corrected chi connectivity index (χ4v) is 3.06. The highest BCUT2D eigenvalue weighted by molar-refractivity contribution is 5.94. The molecule has 2 aromatic rings. The first-order chi connectivity index (χ1) is 11.6. The predicted octanol–water partition coefficient (Wildman–Crippen LogP) is 3.13. The summed E-state index contributed by atoms with van der Waals surface area (Å²) in [6.45, 7) is 1.97. The fraction of sp³-hybridized carbons (Fsp3) is 0.300. The molecule has 24 heavy (non-hydrogen) atoms. The van der Waals surface area contributed by atoms with E-state index in [1.165, 1.54) is 12.5 Å². The van der Waals surface area contributed by atoms with Crippen LogP contribution in [0.4, 0.5) is 0 Å². The van der Waals surface area contributed by atoms with Crippen LogP contribution in [0.15, 0.2) is 54.6 Å². The second-order valence-corrected chi connectivity index (χ2v) is 6.36. The van der Waals surface area contributed by atoms with E-state index in [4.69, 9.17) is 0 Å². The van der Waals surface area contributed by atoms with Gasteiger partial charge in [0.1, 0.15) is 0 Å². The first kappa shape index (κ1) is 16.2. The Bertz CT molecular complexity index is 719. The second-order valence-electron chi connectivity index (χ2n) is 6.36. The molecule has 3 rings (SSSR count). The van der Waals surface area contributed by atoms with Gasteiger partial charge >= 0.3 is 0 Å². The molecular formula is C20H22N2O2. The van der Waals surface area contributed by atoms with Crippen LogP contribution >= 0.6 is 0 Å². The quantitative estimate of drug-likeness (QED) is 0.888. The van der Waals surface area contributed by atoms with Gasteiger partial charge in [-0.3, -0.25) is 9.59 Å². The molecule has 0 bridgehead atoms. The molecule has 2 N–H and O–H groups in total. The molecule has 2 aromatic carbocycles. The number of carbonyl (C=O) groups is 2. The van der Waals surface area contributed by atoms with Crippen molar-refractivity contribution in [3.05, 3.63) is 71.3 Å². The summed E-state index contributed by atoms with van der Waals surface area (Å²) in [5, 5.41) is 5.97. The van der Waals surface area contributed by atoms with Crippen molar-refractivity contribution in [2.75, 3.05) is 0 Å². The summed E-state index contributed by atoms with van der Waals surface area (Å²) in [5.74, 6) is -0.115. The minimum atomic E-state index is -0.229. The Morgan fingerprint density at radius 3 is 2.21 bits per heavy atom. The highest BCUT2D eigenvalue weighted by Gasteiger charge is 2.39. The first-order valence-electron chi connectivity index (χ1n) is 8.30. The van der Waals surface area contributed by atoms with Crippen LogP contribution in [-0.2, 0) is 16.9 Å². The van der Waals surface area contributed by atoms with Crippen molar-refractivity contribution in [3.8, 4) is 0 Å². The van der Waals surface area contributed by atoms with Gasteiger partial charge in [-0.1, -0.05) is 42.5 Å². The van der Waals surface area contributed by atoms with Gasteiger partial charge in [0.15, 0.2) is 0 Å². The lowest BCUT2D eigenvalue weighted by Crippen LogP contribution is -2.50. The van der Waals surface area contributed by atoms with Gasteiger partial charge in [-0.25, -0.2) is 0 Å². The Hall–Kier alpha value is -2.62. The van der Waals surface area contributed by atoms with Gasteiger partial charge in [-0.2, -0.15) is 0 Å². The van der Waals surface area contributed by atoms with Crippen molar-refractivity contribution < 1.29 is 9.59 Å². The molecule has 4 heteroatoms. The lowest BCUT2D eigenvalue weighted by atomic mass is 9.71. The van der Waals surface area contributed by atoms with Gasteiger partial charge in [0.2, 0.25) is 5.91 Å². The molecule has 1 fully saturated rings. The number of carbonyl (C=O) groups excluding carboxylic acids is 2. The second kappa shape index (κ2) is 6.87. The van der Waals surface area contributed by atoms with Gasteiger partial charge < -0.3 is 10.6 Å². The van der Waals surface area contributed by atoms with E-state index in [1.807, 2.05) is 42.5 Å². The monoisotopic (exact) mass is 322 g/mol. The normalized spacial score (nSPS) is 15.2. The van der Waals surface area contributed by atoms with E-state index >= 15 is 0 Å². The van der Waals surface area contributed by atoms with Gasteiger partial charge in [0.25, 0.3) is 5.91 Å². The number of amides is 2. The minimum absolute atomic E-state index is 0.0513. The van der Waals surface area contributed by atoms with Crippen molar-refractivity contribution in [3.63, 3.8) is 0 Å². The van der Waals surface area contributed by atoms with Crippen molar-refractivity contribution in [2.45, 2.75) is 38.3 Å². The van der Waals surface area contributed by atoms with Crippen LogP contribution in [0, 0.1) is 0 Å². The Morgan fingerprint density at radius 2 is 1.67 bits per heavy atom. The number of hydrogen-bond acceptors (Lipinski definition) is 2. The molecule has 1 aliphatic rings.